The van der Waals surface area contributed by atoms with Gasteiger partial charge in [-0.1, -0.05) is 17.3 Å². The fraction of sp³-hybridized carbons (Fsp3) is 0.211. The molecular formula is C19H15F3N4O. The van der Waals surface area contributed by atoms with Crippen LogP contribution in [0.4, 0.5) is 13.2 Å². The lowest BCUT2D eigenvalue weighted by atomic mass is 9.99. The van der Waals surface area contributed by atoms with Crippen LogP contribution in [0.15, 0.2) is 42.5 Å². The van der Waals surface area contributed by atoms with Gasteiger partial charge in [-0.25, -0.2) is 5.10 Å². The van der Waals surface area contributed by atoms with Gasteiger partial charge >= 0.3 is 6.18 Å². The van der Waals surface area contributed by atoms with E-state index in [2.05, 4.69) is 15.4 Å². The number of nitrogens with one attached hydrogen (secondary N) is 1. The van der Waals surface area contributed by atoms with Gasteiger partial charge in [-0.2, -0.15) is 18.4 Å². The molecule has 138 valence electrons. The number of aromatic amines is 1. The van der Waals surface area contributed by atoms with Gasteiger partial charge in [0.1, 0.15) is 17.5 Å². The number of hydrogen-bond acceptors (Lipinski definition) is 4. The Balaban J connectivity index is 2.16. The Bertz CT molecular complexity index is 1000. The lowest BCUT2D eigenvalue weighted by molar-refractivity contribution is -0.137. The van der Waals surface area contributed by atoms with Crippen LogP contribution in [-0.4, -0.2) is 21.5 Å². The van der Waals surface area contributed by atoms with Crippen LogP contribution < -0.4 is 4.74 Å². The highest BCUT2D eigenvalue weighted by molar-refractivity contribution is 5.75. The normalized spacial score (nSPS) is 11.4. The number of aromatic nitrogens is 3. The van der Waals surface area contributed by atoms with Crippen LogP contribution in [0.2, 0.25) is 0 Å². The van der Waals surface area contributed by atoms with Crippen LogP contribution in [0.3, 0.4) is 0 Å². The van der Waals surface area contributed by atoms with Crippen molar-refractivity contribution in [2.45, 2.75) is 26.1 Å². The number of nitriles is 1. The highest BCUT2D eigenvalue weighted by atomic mass is 19.4. The summed E-state index contributed by atoms with van der Waals surface area (Å²) in [6.07, 6.45) is -4.58. The predicted octanol–water partition coefficient (Wildman–Crippen LogP) is 4.82. The Morgan fingerprint density at radius 2 is 1.81 bits per heavy atom. The van der Waals surface area contributed by atoms with Crippen molar-refractivity contribution in [3.8, 4) is 34.2 Å². The molecule has 3 aromatic rings. The Hall–Kier alpha value is -3.34. The molecule has 1 heterocycles. The van der Waals surface area contributed by atoms with Crippen LogP contribution in [0.1, 0.15) is 25.1 Å². The third-order valence-electron chi connectivity index (χ3n) is 3.74. The molecule has 0 fully saturated rings. The molecule has 3 rings (SSSR count). The second kappa shape index (κ2) is 7.11. The molecule has 0 unspecified atom stereocenters. The fourth-order valence-electron chi connectivity index (χ4n) is 2.63. The lowest BCUT2D eigenvalue weighted by Crippen LogP contribution is -2.06. The van der Waals surface area contributed by atoms with Crippen LogP contribution >= 0.6 is 0 Å². The van der Waals surface area contributed by atoms with Crippen molar-refractivity contribution in [2.75, 3.05) is 0 Å². The summed E-state index contributed by atoms with van der Waals surface area (Å²) in [5.41, 5.74) is 1.14. The van der Waals surface area contributed by atoms with E-state index in [1.807, 2.05) is 19.9 Å². The molecule has 1 aromatic heterocycles. The monoisotopic (exact) mass is 372 g/mol. The number of halogens is 3. The number of benzene rings is 2. The van der Waals surface area contributed by atoms with E-state index in [1.54, 1.807) is 24.3 Å². The molecule has 0 saturated heterocycles. The minimum atomic E-state index is -4.44. The second-order valence-corrected chi connectivity index (χ2v) is 6.14. The number of H-pyrrole nitrogens is 1. The van der Waals surface area contributed by atoms with Gasteiger partial charge in [-0.05, 0) is 55.3 Å². The molecule has 0 atom stereocenters. The largest absolute Gasteiger partial charge is 0.491 e. The van der Waals surface area contributed by atoms with Crippen molar-refractivity contribution in [1.29, 1.82) is 5.26 Å². The fourth-order valence-corrected chi connectivity index (χ4v) is 2.63. The molecule has 0 aliphatic heterocycles. The molecule has 0 amide bonds. The van der Waals surface area contributed by atoms with Crippen molar-refractivity contribution in [2.24, 2.45) is 0 Å². The molecule has 0 aliphatic carbocycles. The predicted molar refractivity (Wildman–Crippen MR) is 92.7 cm³/mol. The first-order valence-corrected chi connectivity index (χ1v) is 8.09. The van der Waals surface area contributed by atoms with E-state index in [-0.39, 0.29) is 11.8 Å². The third kappa shape index (κ3) is 4.08. The Morgan fingerprint density at radius 3 is 2.48 bits per heavy atom. The number of ether oxygens (including phenoxy) is 1. The van der Waals surface area contributed by atoms with E-state index in [9.17, 15) is 18.4 Å². The molecule has 0 spiro atoms. The summed E-state index contributed by atoms with van der Waals surface area (Å²) in [4.78, 5) is 0. The first kappa shape index (κ1) is 18.5. The highest BCUT2D eigenvalue weighted by Crippen LogP contribution is 2.35. The molecule has 8 heteroatoms. The second-order valence-electron chi connectivity index (χ2n) is 6.14. The molecule has 2 aromatic carbocycles. The number of rotatable bonds is 4. The molecule has 0 radical (unpaired) electrons. The van der Waals surface area contributed by atoms with E-state index >= 15 is 0 Å². The molecule has 5 nitrogen and oxygen atoms in total. The smallest absolute Gasteiger partial charge is 0.416 e. The maximum absolute atomic E-state index is 13.1. The Morgan fingerprint density at radius 1 is 1.07 bits per heavy atom. The van der Waals surface area contributed by atoms with Gasteiger partial charge in [0.05, 0.1) is 11.7 Å². The van der Waals surface area contributed by atoms with Gasteiger partial charge in [-0.15, -0.1) is 5.10 Å². The number of nitrogens with zero attached hydrogens (tertiary/aromatic N) is 3. The third-order valence-corrected chi connectivity index (χ3v) is 3.74. The number of hydrogen-bond donors (Lipinski definition) is 1. The zero-order chi connectivity index (χ0) is 19.6. The SMILES string of the molecule is CC(C)Oc1cc(-c2cccc(C(F)(F)F)c2)cc(-c2nn[nH]c2C#N)c1. The van der Waals surface area contributed by atoms with Gasteiger partial charge in [0, 0.05) is 5.56 Å². The molecule has 1 N–H and O–H groups in total. The molecular weight excluding hydrogens is 357 g/mol. The van der Waals surface area contributed by atoms with Crippen molar-refractivity contribution >= 4 is 0 Å². The first-order chi connectivity index (χ1) is 12.8. The van der Waals surface area contributed by atoms with Crippen LogP contribution in [-0.2, 0) is 6.18 Å². The Labute approximate surface area is 153 Å². The molecule has 0 bridgehead atoms. The van der Waals surface area contributed by atoms with Gasteiger partial charge in [0.25, 0.3) is 0 Å². The summed E-state index contributed by atoms with van der Waals surface area (Å²) >= 11 is 0. The average Bonchev–Trinajstić information content (AvgIpc) is 3.09. The highest BCUT2D eigenvalue weighted by Gasteiger charge is 2.30. The maximum Gasteiger partial charge on any atom is 0.416 e. The molecule has 0 aliphatic rings. The quantitative estimate of drug-likeness (QED) is 0.713. The maximum atomic E-state index is 13.1. The van der Waals surface area contributed by atoms with E-state index in [0.717, 1.165) is 12.1 Å². The summed E-state index contributed by atoms with van der Waals surface area (Å²) in [6, 6.07) is 12.0. The van der Waals surface area contributed by atoms with E-state index in [0.29, 0.717) is 28.1 Å². The van der Waals surface area contributed by atoms with E-state index in [1.165, 1.54) is 6.07 Å². The van der Waals surface area contributed by atoms with Gasteiger partial charge in [-0.3, -0.25) is 0 Å². The summed E-state index contributed by atoms with van der Waals surface area (Å²) in [7, 11) is 0. The van der Waals surface area contributed by atoms with E-state index in [4.69, 9.17) is 4.74 Å². The summed E-state index contributed by atoms with van der Waals surface area (Å²) in [5.74, 6) is 0.460. The van der Waals surface area contributed by atoms with Gasteiger partial charge < -0.3 is 4.74 Å². The van der Waals surface area contributed by atoms with E-state index < -0.39 is 11.7 Å². The zero-order valence-corrected chi connectivity index (χ0v) is 14.5. The van der Waals surface area contributed by atoms with Crippen molar-refractivity contribution in [1.82, 2.24) is 15.4 Å². The molecule has 0 saturated carbocycles. The first-order valence-electron chi connectivity index (χ1n) is 8.09. The standard InChI is InChI=1S/C19H15F3N4O/c1-11(2)27-16-8-13(12-4-3-5-15(7-12)19(20,21)22)6-14(9-16)18-17(10-23)24-26-25-18/h3-9,11H,1-2H3,(H,24,25,26). The average molecular weight is 372 g/mol. The van der Waals surface area contributed by atoms with Gasteiger partial charge in [0.15, 0.2) is 5.69 Å². The minimum absolute atomic E-state index is 0.137. The summed E-state index contributed by atoms with van der Waals surface area (Å²) in [5, 5.41) is 19.2. The number of alkyl halides is 3. The van der Waals surface area contributed by atoms with Crippen molar-refractivity contribution in [3.05, 3.63) is 53.7 Å². The van der Waals surface area contributed by atoms with Crippen molar-refractivity contribution < 1.29 is 17.9 Å². The Kier molecular flexibility index (Phi) is 4.86. The summed E-state index contributed by atoms with van der Waals surface area (Å²) in [6.45, 7) is 3.68. The van der Waals surface area contributed by atoms with Crippen LogP contribution in [0, 0.1) is 11.3 Å². The van der Waals surface area contributed by atoms with Gasteiger partial charge in [0.2, 0.25) is 0 Å². The topological polar surface area (TPSA) is 74.6 Å². The minimum Gasteiger partial charge on any atom is -0.491 e. The lowest BCUT2D eigenvalue weighted by Gasteiger charge is -2.14. The zero-order valence-electron chi connectivity index (χ0n) is 14.5. The van der Waals surface area contributed by atoms with Crippen molar-refractivity contribution in [3.63, 3.8) is 0 Å². The molecule has 27 heavy (non-hydrogen) atoms. The van der Waals surface area contributed by atoms with Crippen LogP contribution in [0.25, 0.3) is 22.4 Å². The summed E-state index contributed by atoms with van der Waals surface area (Å²) < 4.78 is 44.9. The van der Waals surface area contributed by atoms with Crippen LogP contribution in [0.5, 0.6) is 5.75 Å².